The molecular formula is C8H3BrINO2S. The van der Waals surface area contributed by atoms with Crippen molar-refractivity contribution < 1.29 is 4.92 Å². The molecule has 1 aromatic heterocycles. The van der Waals surface area contributed by atoms with Crippen molar-refractivity contribution in [2.75, 3.05) is 0 Å². The molecule has 0 saturated heterocycles. The van der Waals surface area contributed by atoms with Crippen LogP contribution in [0.15, 0.2) is 22.0 Å². The third-order valence-corrected chi connectivity index (χ3v) is 4.72. The van der Waals surface area contributed by atoms with Crippen molar-refractivity contribution in [2.24, 2.45) is 0 Å². The number of thiophene rings is 1. The summed E-state index contributed by atoms with van der Waals surface area (Å²) in [7, 11) is 0. The second-order valence-corrected chi connectivity index (χ2v) is 6.21. The third kappa shape index (κ3) is 1.66. The van der Waals surface area contributed by atoms with Crippen LogP contribution in [0.5, 0.6) is 0 Å². The lowest BCUT2D eigenvalue weighted by molar-refractivity contribution is -0.383. The van der Waals surface area contributed by atoms with Gasteiger partial charge in [-0.25, -0.2) is 0 Å². The lowest BCUT2D eigenvalue weighted by Gasteiger charge is -1.95. The van der Waals surface area contributed by atoms with Crippen LogP contribution in [0.4, 0.5) is 5.69 Å². The molecule has 0 aliphatic heterocycles. The number of fused-ring (bicyclic) bond motifs is 1. The van der Waals surface area contributed by atoms with E-state index in [4.69, 9.17) is 0 Å². The van der Waals surface area contributed by atoms with Gasteiger partial charge in [0.25, 0.3) is 5.69 Å². The van der Waals surface area contributed by atoms with E-state index < -0.39 is 0 Å². The predicted octanol–water partition coefficient (Wildman–Crippen LogP) is 4.18. The summed E-state index contributed by atoms with van der Waals surface area (Å²) in [5.74, 6) is 0. The Balaban J connectivity index is 2.87. The lowest BCUT2D eigenvalue weighted by Crippen LogP contribution is -1.88. The van der Waals surface area contributed by atoms with Crippen molar-refractivity contribution in [3.8, 4) is 0 Å². The number of benzene rings is 1. The van der Waals surface area contributed by atoms with Gasteiger partial charge in [-0.1, -0.05) is 0 Å². The van der Waals surface area contributed by atoms with Crippen molar-refractivity contribution in [1.82, 2.24) is 0 Å². The fourth-order valence-electron chi connectivity index (χ4n) is 1.21. The molecule has 0 radical (unpaired) electrons. The van der Waals surface area contributed by atoms with Gasteiger partial charge in [-0.2, -0.15) is 0 Å². The van der Waals surface area contributed by atoms with E-state index in [0.717, 1.165) is 12.1 Å². The van der Waals surface area contributed by atoms with Gasteiger partial charge in [-0.15, -0.1) is 11.3 Å². The fraction of sp³-hybridized carbons (Fsp3) is 0. The molecule has 0 fully saturated rings. The molecule has 72 valence electrons. The summed E-state index contributed by atoms with van der Waals surface area (Å²) in [6.45, 7) is 0. The van der Waals surface area contributed by atoms with Crippen LogP contribution in [0.25, 0.3) is 10.1 Å². The van der Waals surface area contributed by atoms with Crippen LogP contribution in [0, 0.1) is 13.7 Å². The normalized spacial score (nSPS) is 10.7. The number of halogens is 2. The predicted molar refractivity (Wildman–Crippen MR) is 68.9 cm³/mol. The van der Waals surface area contributed by atoms with Gasteiger partial charge in [-0.3, -0.25) is 10.1 Å². The highest BCUT2D eigenvalue weighted by Gasteiger charge is 2.15. The first kappa shape index (κ1) is 10.3. The van der Waals surface area contributed by atoms with Crippen molar-refractivity contribution >= 4 is 65.6 Å². The minimum Gasteiger partial charge on any atom is -0.258 e. The molecule has 0 spiro atoms. The maximum atomic E-state index is 10.7. The quantitative estimate of drug-likeness (QED) is 0.421. The third-order valence-electron chi connectivity index (χ3n) is 1.78. The van der Waals surface area contributed by atoms with Crippen LogP contribution in [0.1, 0.15) is 0 Å². The molecule has 0 unspecified atom stereocenters. The molecule has 2 aromatic rings. The number of hydrogen-bond acceptors (Lipinski definition) is 3. The minimum absolute atomic E-state index is 0.169. The Morgan fingerprint density at radius 3 is 2.86 bits per heavy atom. The van der Waals surface area contributed by atoms with E-state index in [1.807, 2.05) is 0 Å². The van der Waals surface area contributed by atoms with Gasteiger partial charge in [-0.05, 0) is 50.7 Å². The Kier molecular flexibility index (Phi) is 2.76. The number of hydrogen-bond donors (Lipinski definition) is 0. The molecule has 0 amide bonds. The number of rotatable bonds is 1. The average Bonchev–Trinajstić information content (AvgIpc) is 2.47. The van der Waals surface area contributed by atoms with E-state index in [0.29, 0.717) is 5.39 Å². The van der Waals surface area contributed by atoms with Gasteiger partial charge in [0.2, 0.25) is 0 Å². The maximum Gasteiger partial charge on any atom is 0.278 e. The zero-order valence-electron chi connectivity index (χ0n) is 6.66. The van der Waals surface area contributed by atoms with E-state index >= 15 is 0 Å². The summed E-state index contributed by atoms with van der Waals surface area (Å²) >= 11 is 7.03. The molecular weight excluding hydrogens is 381 g/mol. The van der Waals surface area contributed by atoms with E-state index in [9.17, 15) is 10.1 Å². The molecule has 3 nitrogen and oxygen atoms in total. The zero-order chi connectivity index (χ0) is 10.3. The molecule has 6 heteroatoms. The van der Waals surface area contributed by atoms with Crippen LogP contribution in [0.2, 0.25) is 0 Å². The van der Waals surface area contributed by atoms with E-state index in [2.05, 4.69) is 38.5 Å². The van der Waals surface area contributed by atoms with Crippen molar-refractivity contribution in [2.45, 2.75) is 0 Å². The summed E-state index contributed by atoms with van der Waals surface area (Å²) in [5.41, 5.74) is 0.169. The lowest BCUT2D eigenvalue weighted by atomic mass is 10.2. The number of nitro benzene ring substituents is 1. The van der Waals surface area contributed by atoms with Gasteiger partial charge in [0.1, 0.15) is 0 Å². The smallest absolute Gasteiger partial charge is 0.258 e. The minimum atomic E-state index is -0.350. The Morgan fingerprint density at radius 2 is 2.21 bits per heavy atom. The molecule has 0 aliphatic carbocycles. The first-order valence-electron chi connectivity index (χ1n) is 3.61. The summed E-state index contributed by atoms with van der Waals surface area (Å²) in [5, 5.41) is 11.4. The van der Waals surface area contributed by atoms with Gasteiger partial charge in [0, 0.05) is 9.64 Å². The van der Waals surface area contributed by atoms with Crippen LogP contribution in [-0.4, -0.2) is 4.92 Å². The number of non-ortho nitro benzene ring substituents is 1. The molecule has 0 bridgehead atoms. The summed E-state index contributed by atoms with van der Waals surface area (Å²) < 4.78 is 2.92. The maximum absolute atomic E-state index is 10.7. The highest BCUT2D eigenvalue weighted by molar-refractivity contribution is 14.1. The van der Waals surface area contributed by atoms with Crippen LogP contribution in [-0.2, 0) is 0 Å². The molecule has 0 atom stereocenters. The average molecular weight is 384 g/mol. The van der Waals surface area contributed by atoms with Gasteiger partial charge in [0.05, 0.1) is 18.8 Å². The van der Waals surface area contributed by atoms with Crippen molar-refractivity contribution in [3.63, 3.8) is 0 Å². The van der Waals surface area contributed by atoms with Crippen molar-refractivity contribution in [1.29, 1.82) is 0 Å². The Bertz CT molecular complexity index is 525. The first-order chi connectivity index (χ1) is 6.59. The van der Waals surface area contributed by atoms with Crippen molar-refractivity contribution in [3.05, 3.63) is 35.7 Å². The topological polar surface area (TPSA) is 43.1 Å². The van der Waals surface area contributed by atoms with E-state index in [-0.39, 0.29) is 10.6 Å². The van der Waals surface area contributed by atoms with Gasteiger partial charge >= 0.3 is 0 Å². The monoisotopic (exact) mass is 383 g/mol. The SMILES string of the molecule is O=[N+]([O-])c1ccc(I)c2sc(Br)cc12. The zero-order valence-corrected chi connectivity index (χ0v) is 11.2. The molecule has 0 saturated carbocycles. The standard InChI is InChI=1S/C8H3BrINO2S/c9-7-3-4-6(11(12)13)2-1-5(10)8(4)14-7/h1-3H. The molecule has 2 rings (SSSR count). The summed E-state index contributed by atoms with van der Waals surface area (Å²) in [6, 6.07) is 5.10. The summed E-state index contributed by atoms with van der Waals surface area (Å²) in [4.78, 5) is 10.4. The van der Waals surface area contributed by atoms with Crippen LogP contribution in [0.3, 0.4) is 0 Å². The number of nitrogens with zero attached hydrogens (tertiary/aromatic N) is 1. The molecule has 1 heterocycles. The van der Waals surface area contributed by atoms with Crippen LogP contribution < -0.4 is 0 Å². The first-order valence-corrected chi connectivity index (χ1v) is 6.30. The molecule has 0 N–H and O–H groups in total. The molecule has 0 aliphatic rings. The molecule has 1 aromatic carbocycles. The highest BCUT2D eigenvalue weighted by atomic mass is 127. The Morgan fingerprint density at radius 1 is 1.50 bits per heavy atom. The highest BCUT2D eigenvalue weighted by Crippen LogP contribution is 2.37. The van der Waals surface area contributed by atoms with E-state index in [1.54, 1.807) is 18.2 Å². The number of nitro groups is 1. The van der Waals surface area contributed by atoms with E-state index in [1.165, 1.54) is 11.3 Å². The molecule has 14 heavy (non-hydrogen) atoms. The van der Waals surface area contributed by atoms with Crippen LogP contribution >= 0.6 is 49.9 Å². The fourth-order valence-corrected chi connectivity index (χ4v) is 3.53. The largest absolute Gasteiger partial charge is 0.278 e. The van der Waals surface area contributed by atoms with Gasteiger partial charge in [0.15, 0.2) is 0 Å². The Labute approximate surface area is 106 Å². The second kappa shape index (κ2) is 3.74. The van der Waals surface area contributed by atoms with Gasteiger partial charge < -0.3 is 0 Å². The second-order valence-electron chi connectivity index (χ2n) is 2.62. The summed E-state index contributed by atoms with van der Waals surface area (Å²) in [6.07, 6.45) is 0. The Hall–Kier alpha value is -0.210.